The van der Waals surface area contributed by atoms with E-state index in [1.807, 2.05) is 19.9 Å². The second-order valence-corrected chi connectivity index (χ2v) is 3.95. The molecule has 4 nitrogen and oxygen atoms in total. The number of hydrogen-bond donors (Lipinski definition) is 1. The number of carboxylic acids is 1. The number of aromatic nitrogens is 1. The number of pyridine rings is 1. The van der Waals surface area contributed by atoms with Gasteiger partial charge < -0.3 is 9.84 Å². The van der Waals surface area contributed by atoms with E-state index in [0.717, 1.165) is 11.3 Å². The van der Waals surface area contributed by atoms with Gasteiger partial charge in [-0.05, 0) is 37.6 Å². The van der Waals surface area contributed by atoms with Crippen LogP contribution in [0.1, 0.15) is 21.6 Å². The van der Waals surface area contributed by atoms with Crippen LogP contribution >= 0.6 is 0 Å². The zero-order valence-electron chi connectivity index (χ0n) is 10.2. The van der Waals surface area contributed by atoms with Crippen molar-refractivity contribution in [3.05, 3.63) is 53.3 Å². The molecule has 4 heteroatoms. The van der Waals surface area contributed by atoms with Crippen LogP contribution in [-0.4, -0.2) is 16.1 Å². The van der Waals surface area contributed by atoms with Gasteiger partial charge in [-0.3, -0.25) is 4.98 Å². The largest absolute Gasteiger partial charge is 0.478 e. The summed E-state index contributed by atoms with van der Waals surface area (Å²) >= 11 is 0. The molecule has 0 aliphatic carbocycles. The maximum absolute atomic E-state index is 11.2. The highest BCUT2D eigenvalue weighted by Gasteiger charge is 2.14. The summed E-state index contributed by atoms with van der Waals surface area (Å²) in [5.74, 6) is -0.0781. The molecule has 92 valence electrons. The van der Waals surface area contributed by atoms with Crippen LogP contribution in [0.4, 0.5) is 0 Å². The quantitative estimate of drug-likeness (QED) is 0.899. The number of rotatable bonds is 3. The summed E-state index contributed by atoms with van der Waals surface area (Å²) < 4.78 is 5.69. The Labute approximate surface area is 105 Å². The summed E-state index contributed by atoms with van der Waals surface area (Å²) in [7, 11) is 0. The first kappa shape index (κ1) is 12.1. The second-order valence-electron chi connectivity index (χ2n) is 3.95. The SMILES string of the molecule is Cc1cccc(C(=O)O)c1Oc1cccnc1C. The lowest BCUT2D eigenvalue weighted by molar-refractivity contribution is 0.0694. The molecule has 2 aromatic rings. The minimum Gasteiger partial charge on any atom is -0.478 e. The second kappa shape index (κ2) is 4.87. The molecule has 1 N–H and O–H groups in total. The third kappa shape index (κ3) is 2.32. The number of ether oxygens (including phenoxy) is 1. The smallest absolute Gasteiger partial charge is 0.339 e. The minimum absolute atomic E-state index is 0.151. The number of benzene rings is 1. The van der Waals surface area contributed by atoms with Crippen LogP contribution in [0.25, 0.3) is 0 Å². The molecule has 2 rings (SSSR count). The number of hydrogen-bond acceptors (Lipinski definition) is 3. The van der Waals surface area contributed by atoms with Gasteiger partial charge in [0, 0.05) is 6.20 Å². The van der Waals surface area contributed by atoms with E-state index >= 15 is 0 Å². The van der Waals surface area contributed by atoms with Crippen LogP contribution in [0, 0.1) is 13.8 Å². The monoisotopic (exact) mass is 243 g/mol. The normalized spacial score (nSPS) is 10.1. The number of carbonyl (C=O) groups is 1. The van der Waals surface area contributed by atoms with E-state index < -0.39 is 5.97 Å². The Morgan fingerprint density at radius 2 is 2.00 bits per heavy atom. The molecule has 1 heterocycles. The lowest BCUT2D eigenvalue weighted by atomic mass is 10.1. The van der Waals surface area contributed by atoms with E-state index in [1.165, 1.54) is 6.07 Å². The summed E-state index contributed by atoms with van der Waals surface area (Å²) in [5.41, 5.74) is 1.65. The van der Waals surface area contributed by atoms with Gasteiger partial charge in [0.05, 0.1) is 5.69 Å². The fourth-order valence-electron chi connectivity index (χ4n) is 1.64. The van der Waals surface area contributed by atoms with Gasteiger partial charge in [0.25, 0.3) is 0 Å². The molecule has 0 radical (unpaired) electrons. The molecule has 1 aromatic heterocycles. The number of para-hydroxylation sites is 1. The van der Waals surface area contributed by atoms with Gasteiger partial charge >= 0.3 is 5.97 Å². The van der Waals surface area contributed by atoms with Crippen molar-refractivity contribution in [3.63, 3.8) is 0 Å². The molecule has 0 atom stereocenters. The molecule has 0 fully saturated rings. The summed E-state index contributed by atoms with van der Waals surface area (Å²) in [4.78, 5) is 15.3. The first-order valence-corrected chi connectivity index (χ1v) is 5.52. The van der Waals surface area contributed by atoms with Gasteiger partial charge in [-0.1, -0.05) is 12.1 Å². The predicted molar refractivity (Wildman–Crippen MR) is 67.2 cm³/mol. The van der Waals surface area contributed by atoms with E-state index in [4.69, 9.17) is 9.84 Å². The fraction of sp³-hybridized carbons (Fsp3) is 0.143. The van der Waals surface area contributed by atoms with Crippen molar-refractivity contribution < 1.29 is 14.6 Å². The highest BCUT2D eigenvalue weighted by molar-refractivity contribution is 5.91. The van der Waals surface area contributed by atoms with Crippen LogP contribution in [0.15, 0.2) is 36.5 Å². The highest BCUT2D eigenvalue weighted by atomic mass is 16.5. The van der Waals surface area contributed by atoms with Gasteiger partial charge in [-0.2, -0.15) is 0 Å². The van der Waals surface area contributed by atoms with Crippen LogP contribution in [0.5, 0.6) is 11.5 Å². The summed E-state index contributed by atoms with van der Waals surface area (Å²) in [6, 6.07) is 8.55. The van der Waals surface area contributed by atoms with Crippen molar-refractivity contribution >= 4 is 5.97 Å². The third-order valence-corrected chi connectivity index (χ3v) is 2.61. The summed E-state index contributed by atoms with van der Waals surface area (Å²) in [5, 5.41) is 9.14. The van der Waals surface area contributed by atoms with Gasteiger partial charge in [0.2, 0.25) is 0 Å². The van der Waals surface area contributed by atoms with E-state index in [2.05, 4.69) is 4.98 Å². The summed E-state index contributed by atoms with van der Waals surface area (Å²) in [6.45, 7) is 3.63. The van der Waals surface area contributed by atoms with Crippen molar-refractivity contribution in [1.29, 1.82) is 0 Å². The van der Waals surface area contributed by atoms with Gasteiger partial charge in [0.1, 0.15) is 17.1 Å². The molecule has 0 saturated heterocycles. The Hall–Kier alpha value is -2.36. The van der Waals surface area contributed by atoms with Crippen molar-refractivity contribution in [2.45, 2.75) is 13.8 Å². The molecule has 0 aliphatic rings. The summed E-state index contributed by atoms with van der Waals surface area (Å²) in [6.07, 6.45) is 1.66. The van der Waals surface area contributed by atoms with Gasteiger partial charge in [-0.15, -0.1) is 0 Å². The third-order valence-electron chi connectivity index (χ3n) is 2.61. The first-order valence-electron chi connectivity index (χ1n) is 5.52. The molecule has 0 bridgehead atoms. The number of nitrogens with zero attached hydrogens (tertiary/aromatic N) is 1. The Bertz CT molecular complexity index is 593. The molecular formula is C14H13NO3. The number of aromatic carboxylic acids is 1. The fourth-order valence-corrected chi connectivity index (χ4v) is 1.64. The standard InChI is InChI=1S/C14H13NO3/c1-9-5-3-6-11(14(16)17)13(9)18-12-7-4-8-15-10(12)2/h3-8H,1-2H3,(H,16,17). The average molecular weight is 243 g/mol. The number of aryl methyl sites for hydroxylation is 2. The molecule has 0 saturated carbocycles. The molecular weight excluding hydrogens is 230 g/mol. The van der Waals surface area contributed by atoms with Crippen LogP contribution in [0.2, 0.25) is 0 Å². The Balaban J connectivity index is 2.46. The Morgan fingerprint density at radius 3 is 2.67 bits per heavy atom. The van der Waals surface area contributed by atoms with E-state index in [9.17, 15) is 4.79 Å². The zero-order valence-corrected chi connectivity index (χ0v) is 10.2. The average Bonchev–Trinajstić information content (AvgIpc) is 2.34. The molecule has 0 amide bonds. The molecule has 0 aliphatic heterocycles. The minimum atomic E-state index is -1.00. The maximum atomic E-state index is 11.2. The van der Waals surface area contributed by atoms with Crippen molar-refractivity contribution in [3.8, 4) is 11.5 Å². The molecule has 0 unspecified atom stereocenters. The van der Waals surface area contributed by atoms with Gasteiger partial charge in [0.15, 0.2) is 0 Å². The van der Waals surface area contributed by atoms with Crippen molar-refractivity contribution in [2.75, 3.05) is 0 Å². The zero-order chi connectivity index (χ0) is 13.1. The van der Waals surface area contributed by atoms with Crippen molar-refractivity contribution in [1.82, 2.24) is 4.98 Å². The van der Waals surface area contributed by atoms with Crippen LogP contribution in [-0.2, 0) is 0 Å². The first-order chi connectivity index (χ1) is 8.59. The Kier molecular flexibility index (Phi) is 3.28. The van der Waals surface area contributed by atoms with E-state index in [-0.39, 0.29) is 5.56 Å². The van der Waals surface area contributed by atoms with Crippen LogP contribution < -0.4 is 4.74 Å². The molecule has 0 spiro atoms. The highest BCUT2D eigenvalue weighted by Crippen LogP contribution is 2.30. The van der Waals surface area contributed by atoms with Crippen molar-refractivity contribution in [2.24, 2.45) is 0 Å². The van der Waals surface area contributed by atoms with E-state index in [1.54, 1.807) is 24.4 Å². The predicted octanol–water partition coefficient (Wildman–Crippen LogP) is 3.19. The lowest BCUT2D eigenvalue weighted by Gasteiger charge is -2.12. The van der Waals surface area contributed by atoms with Gasteiger partial charge in [-0.25, -0.2) is 4.79 Å². The molecule has 1 aromatic carbocycles. The maximum Gasteiger partial charge on any atom is 0.339 e. The topological polar surface area (TPSA) is 59.4 Å². The van der Waals surface area contributed by atoms with E-state index in [0.29, 0.717) is 11.5 Å². The number of carboxylic acid groups (broad SMARTS) is 1. The molecule has 18 heavy (non-hydrogen) atoms. The van der Waals surface area contributed by atoms with Crippen LogP contribution in [0.3, 0.4) is 0 Å². The Morgan fingerprint density at radius 1 is 1.22 bits per heavy atom. The lowest BCUT2D eigenvalue weighted by Crippen LogP contribution is -2.02.